The lowest BCUT2D eigenvalue weighted by atomic mass is 10.3. The van der Waals surface area contributed by atoms with Crippen LogP contribution >= 0.6 is 11.3 Å². The molecule has 0 aliphatic heterocycles. The van der Waals surface area contributed by atoms with E-state index < -0.39 is 20.3 Å². The van der Waals surface area contributed by atoms with E-state index in [2.05, 4.69) is 0 Å². The first-order valence-corrected chi connectivity index (χ1v) is 7.06. The number of carbonyl (C=O) groups excluding carboxylic acids is 1. The molecule has 0 bridgehead atoms. The molecule has 0 saturated heterocycles. The first kappa shape index (κ1) is 12.4. The summed E-state index contributed by atoms with van der Waals surface area (Å²) in [5.41, 5.74) is 0. The summed E-state index contributed by atoms with van der Waals surface area (Å²) < 4.78 is 22.6. The van der Waals surface area contributed by atoms with Crippen molar-refractivity contribution >= 4 is 27.0 Å². The number of rotatable bonds is 3. The molecule has 0 atom stereocenters. The Labute approximate surface area is 94.0 Å². The van der Waals surface area contributed by atoms with E-state index in [0.29, 0.717) is 4.88 Å². The SMILES string of the molecule is CC(C)(C)S(=O)(=O)CC(=O)c1cccs1. The van der Waals surface area contributed by atoms with E-state index in [-0.39, 0.29) is 5.78 Å². The van der Waals surface area contributed by atoms with Gasteiger partial charge >= 0.3 is 0 Å². The molecule has 0 saturated carbocycles. The molecule has 0 amide bonds. The average molecular weight is 246 g/mol. The minimum absolute atomic E-state index is 0.320. The Bertz CT molecular complexity index is 436. The Balaban J connectivity index is 2.85. The molecule has 84 valence electrons. The Hall–Kier alpha value is -0.680. The van der Waals surface area contributed by atoms with Crippen LogP contribution in [0.3, 0.4) is 0 Å². The lowest BCUT2D eigenvalue weighted by molar-refractivity contribution is 0.102. The molecule has 0 fully saturated rings. The number of hydrogen-bond donors (Lipinski definition) is 0. The highest BCUT2D eigenvalue weighted by Crippen LogP contribution is 2.18. The van der Waals surface area contributed by atoms with E-state index in [9.17, 15) is 13.2 Å². The van der Waals surface area contributed by atoms with Gasteiger partial charge in [-0.1, -0.05) is 6.07 Å². The van der Waals surface area contributed by atoms with E-state index in [4.69, 9.17) is 0 Å². The van der Waals surface area contributed by atoms with E-state index in [1.54, 1.807) is 38.3 Å². The molecule has 1 heterocycles. The molecule has 0 aliphatic carbocycles. The number of carbonyl (C=O) groups is 1. The van der Waals surface area contributed by atoms with Crippen molar-refractivity contribution in [3.05, 3.63) is 22.4 Å². The van der Waals surface area contributed by atoms with Crippen LogP contribution in [0.5, 0.6) is 0 Å². The van der Waals surface area contributed by atoms with Crippen LogP contribution in [0.1, 0.15) is 30.4 Å². The van der Waals surface area contributed by atoms with Crippen molar-refractivity contribution in [2.24, 2.45) is 0 Å². The minimum Gasteiger partial charge on any atom is -0.292 e. The zero-order valence-electron chi connectivity index (χ0n) is 8.98. The number of Topliss-reactive ketones (excluding diaryl/α,β-unsaturated/α-hetero) is 1. The quantitative estimate of drug-likeness (QED) is 0.768. The van der Waals surface area contributed by atoms with Gasteiger partial charge in [0.25, 0.3) is 0 Å². The van der Waals surface area contributed by atoms with Crippen LogP contribution in [-0.4, -0.2) is 24.7 Å². The van der Waals surface area contributed by atoms with Crippen LogP contribution < -0.4 is 0 Å². The maximum atomic E-state index is 11.7. The first-order valence-electron chi connectivity index (χ1n) is 4.53. The predicted octanol–water partition coefficient (Wildman–Crippen LogP) is 2.14. The molecule has 5 heteroatoms. The molecule has 0 N–H and O–H groups in total. The van der Waals surface area contributed by atoms with Crippen LogP contribution in [-0.2, 0) is 9.84 Å². The van der Waals surface area contributed by atoms with Crippen molar-refractivity contribution < 1.29 is 13.2 Å². The summed E-state index contributed by atoms with van der Waals surface area (Å²) in [4.78, 5) is 12.1. The zero-order chi connectivity index (χ0) is 11.7. The maximum Gasteiger partial charge on any atom is 0.187 e. The second-order valence-corrected chi connectivity index (χ2v) is 7.96. The fraction of sp³-hybridized carbons (Fsp3) is 0.500. The third-order valence-corrected chi connectivity index (χ3v) is 5.47. The van der Waals surface area contributed by atoms with E-state index in [1.165, 1.54) is 11.3 Å². The van der Waals surface area contributed by atoms with E-state index in [1.807, 2.05) is 0 Å². The molecule has 0 spiro atoms. The summed E-state index contributed by atoms with van der Waals surface area (Å²) in [5.74, 6) is -0.725. The molecule has 0 unspecified atom stereocenters. The summed E-state index contributed by atoms with van der Waals surface area (Å²) in [6.07, 6.45) is 0. The van der Waals surface area contributed by atoms with Gasteiger partial charge in [0.15, 0.2) is 15.6 Å². The van der Waals surface area contributed by atoms with Gasteiger partial charge in [0.1, 0.15) is 5.75 Å². The minimum atomic E-state index is -3.37. The average Bonchev–Trinajstić information content (AvgIpc) is 2.51. The monoisotopic (exact) mass is 246 g/mol. The van der Waals surface area contributed by atoms with Gasteiger partial charge in [-0.25, -0.2) is 8.42 Å². The number of hydrogen-bond acceptors (Lipinski definition) is 4. The second kappa shape index (κ2) is 4.06. The molecule has 15 heavy (non-hydrogen) atoms. The van der Waals surface area contributed by atoms with Crippen LogP contribution in [0.15, 0.2) is 17.5 Å². The van der Waals surface area contributed by atoms with Crippen LogP contribution in [0, 0.1) is 0 Å². The summed E-state index contributed by atoms with van der Waals surface area (Å²) in [6.45, 7) is 4.80. The van der Waals surface area contributed by atoms with Gasteiger partial charge in [-0.05, 0) is 32.2 Å². The molecule has 0 aliphatic rings. The molecular formula is C10H14O3S2. The van der Waals surface area contributed by atoms with Gasteiger partial charge < -0.3 is 0 Å². The molecule has 1 rings (SSSR count). The molecule has 1 aromatic rings. The van der Waals surface area contributed by atoms with Gasteiger partial charge in [-0.2, -0.15) is 0 Å². The van der Waals surface area contributed by atoms with Crippen molar-refractivity contribution in [1.82, 2.24) is 0 Å². The molecule has 0 aromatic carbocycles. The molecule has 0 radical (unpaired) electrons. The van der Waals surface area contributed by atoms with Crippen LogP contribution in [0.25, 0.3) is 0 Å². The van der Waals surface area contributed by atoms with E-state index >= 15 is 0 Å². The summed E-state index contributed by atoms with van der Waals surface area (Å²) in [7, 11) is -3.37. The highest BCUT2D eigenvalue weighted by molar-refractivity contribution is 7.93. The third kappa shape index (κ3) is 2.89. The van der Waals surface area contributed by atoms with E-state index in [0.717, 1.165) is 0 Å². The smallest absolute Gasteiger partial charge is 0.187 e. The van der Waals surface area contributed by atoms with Gasteiger partial charge in [0, 0.05) is 0 Å². The number of thiophene rings is 1. The third-order valence-electron chi connectivity index (χ3n) is 2.05. The predicted molar refractivity (Wildman–Crippen MR) is 62.2 cm³/mol. The van der Waals surface area contributed by atoms with Crippen molar-refractivity contribution in [1.29, 1.82) is 0 Å². The van der Waals surface area contributed by atoms with Crippen molar-refractivity contribution in [3.8, 4) is 0 Å². The highest BCUT2D eigenvalue weighted by atomic mass is 32.2. The van der Waals surface area contributed by atoms with Crippen LogP contribution in [0.2, 0.25) is 0 Å². The first-order chi connectivity index (χ1) is 6.74. The van der Waals surface area contributed by atoms with Crippen LogP contribution in [0.4, 0.5) is 0 Å². The Morgan fingerprint density at radius 1 is 1.40 bits per heavy atom. The lowest BCUT2D eigenvalue weighted by Gasteiger charge is -2.18. The summed E-state index contributed by atoms with van der Waals surface area (Å²) in [5, 5.41) is 1.76. The Kier molecular flexibility index (Phi) is 3.35. The van der Waals surface area contributed by atoms with Gasteiger partial charge in [0.05, 0.1) is 9.62 Å². The fourth-order valence-corrected chi connectivity index (χ4v) is 2.59. The summed E-state index contributed by atoms with van der Waals surface area (Å²) in [6, 6.07) is 3.38. The Morgan fingerprint density at radius 3 is 2.40 bits per heavy atom. The molecular weight excluding hydrogens is 232 g/mol. The van der Waals surface area contributed by atoms with Gasteiger partial charge in [-0.15, -0.1) is 11.3 Å². The van der Waals surface area contributed by atoms with Crippen molar-refractivity contribution in [2.75, 3.05) is 5.75 Å². The number of sulfone groups is 1. The van der Waals surface area contributed by atoms with Crippen molar-refractivity contribution in [2.45, 2.75) is 25.5 Å². The lowest BCUT2D eigenvalue weighted by Crippen LogP contribution is -2.33. The van der Waals surface area contributed by atoms with Crippen molar-refractivity contribution in [3.63, 3.8) is 0 Å². The second-order valence-electron chi connectivity index (χ2n) is 4.27. The maximum absolute atomic E-state index is 11.7. The number of ketones is 1. The standard InChI is InChI=1S/C10H14O3S2/c1-10(2,3)15(12,13)7-8(11)9-5-4-6-14-9/h4-6H,7H2,1-3H3. The van der Waals surface area contributed by atoms with Gasteiger partial charge in [-0.3, -0.25) is 4.79 Å². The fourth-order valence-electron chi connectivity index (χ4n) is 0.897. The van der Waals surface area contributed by atoms with Gasteiger partial charge in [0.2, 0.25) is 0 Å². The topological polar surface area (TPSA) is 51.2 Å². The summed E-state index contributed by atoms with van der Waals surface area (Å²) >= 11 is 1.27. The zero-order valence-corrected chi connectivity index (χ0v) is 10.6. The Morgan fingerprint density at radius 2 is 2.00 bits per heavy atom. The highest BCUT2D eigenvalue weighted by Gasteiger charge is 2.31. The largest absolute Gasteiger partial charge is 0.292 e. The molecule has 3 nitrogen and oxygen atoms in total. The molecule has 1 aromatic heterocycles. The normalized spacial score (nSPS) is 12.7.